The predicted octanol–water partition coefficient (Wildman–Crippen LogP) is 0.619. The number of carbonyl (C=O) groups excluding carboxylic acids is 3. The van der Waals surface area contributed by atoms with Crippen molar-refractivity contribution in [1.29, 1.82) is 0 Å². The van der Waals surface area contributed by atoms with Crippen molar-refractivity contribution in [3.8, 4) is 0 Å². The van der Waals surface area contributed by atoms with Gasteiger partial charge in [0.05, 0.1) is 12.5 Å². The standard InChI is InChI=1S/C18H27N5O3/c1-21(13-15-19-7-8-20-15)18(26)14-5-6-17(25)23(12-14)11-3-10-22-9-2-4-16(22)24/h7-8,14H,2-6,9-13H2,1H3,(H,19,20). The van der Waals surface area contributed by atoms with E-state index < -0.39 is 0 Å². The molecule has 2 aliphatic heterocycles. The Morgan fingerprint density at radius 2 is 2.04 bits per heavy atom. The number of aromatic nitrogens is 2. The van der Waals surface area contributed by atoms with Gasteiger partial charge in [0.25, 0.3) is 0 Å². The topological polar surface area (TPSA) is 89.6 Å². The van der Waals surface area contributed by atoms with Crippen molar-refractivity contribution < 1.29 is 14.4 Å². The van der Waals surface area contributed by atoms with Crippen LogP contribution in [0.2, 0.25) is 0 Å². The van der Waals surface area contributed by atoms with Crippen LogP contribution in [-0.4, -0.2) is 75.6 Å². The number of rotatable bonds is 7. The molecule has 0 bridgehead atoms. The second kappa shape index (κ2) is 8.33. The van der Waals surface area contributed by atoms with Gasteiger partial charge in [-0.05, 0) is 19.3 Å². The molecule has 2 saturated heterocycles. The number of amides is 3. The van der Waals surface area contributed by atoms with Crippen molar-refractivity contribution >= 4 is 17.7 Å². The highest BCUT2D eigenvalue weighted by Crippen LogP contribution is 2.20. The van der Waals surface area contributed by atoms with Crippen LogP contribution in [0.3, 0.4) is 0 Å². The normalized spacial score (nSPS) is 20.7. The van der Waals surface area contributed by atoms with Crippen LogP contribution in [0.15, 0.2) is 12.4 Å². The van der Waals surface area contributed by atoms with E-state index in [0.717, 1.165) is 25.2 Å². The SMILES string of the molecule is CN(Cc1ncc[nH]1)C(=O)C1CCC(=O)N(CCCN2CCCC2=O)C1. The van der Waals surface area contributed by atoms with Crippen molar-refractivity contribution in [1.82, 2.24) is 24.7 Å². The van der Waals surface area contributed by atoms with E-state index in [-0.39, 0.29) is 23.6 Å². The molecule has 0 saturated carbocycles. The average Bonchev–Trinajstić information content (AvgIpc) is 3.28. The number of hydrogen-bond donors (Lipinski definition) is 1. The first-order valence-electron chi connectivity index (χ1n) is 9.33. The maximum atomic E-state index is 12.7. The molecule has 142 valence electrons. The smallest absolute Gasteiger partial charge is 0.227 e. The molecule has 0 radical (unpaired) electrons. The lowest BCUT2D eigenvalue weighted by atomic mass is 9.96. The van der Waals surface area contributed by atoms with Gasteiger partial charge in [0.2, 0.25) is 17.7 Å². The fourth-order valence-electron chi connectivity index (χ4n) is 3.72. The van der Waals surface area contributed by atoms with E-state index in [1.807, 2.05) is 4.90 Å². The summed E-state index contributed by atoms with van der Waals surface area (Å²) in [5.74, 6) is 0.952. The predicted molar refractivity (Wildman–Crippen MR) is 94.8 cm³/mol. The summed E-state index contributed by atoms with van der Waals surface area (Å²) in [6, 6.07) is 0. The molecule has 3 heterocycles. The summed E-state index contributed by atoms with van der Waals surface area (Å²) in [6.07, 6.45) is 6.75. The second-order valence-corrected chi connectivity index (χ2v) is 7.14. The summed E-state index contributed by atoms with van der Waals surface area (Å²) < 4.78 is 0. The van der Waals surface area contributed by atoms with Crippen LogP contribution in [0, 0.1) is 5.92 Å². The highest BCUT2D eigenvalue weighted by atomic mass is 16.2. The molecule has 0 spiro atoms. The number of nitrogens with one attached hydrogen (secondary N) is 1. The first-order chi connectivity index (χ1) is 12.5. The van der Waals surface area contributed by atoms with E-state index in [1.54, 1.807) is 29.2 Å². The van der Waals surface area contributed by atoms with Crippen LogP contribution >= 0.6 is 0 Å². The minimum absolute atomic E-state index is 0.0496. The molecule has 0 aromatic carbocycles. The number of piperidine rings is 1. The zero-order valence-corrected chi connectivity index (χ0v) is 15.3. The summed E-state index contributed by atoms with van der Waals surface area (Å²) in [5, 5.41) is 0. The van der Waals surface area contributed by atoms with Gasteiger partial charge in [0.15, 0.2) is 0 Å². The van der Waals surface area contributed by atoms with Gasteiger partial charge in [0, 0.05) is 58.5 Å². The fourth-order valence-corrected chi connectivity index (χ4v) is 3.72. The third-order valence-corrected chi connectivity index (χ3v) is 5.19. The summed E-state index contributed by atoms with van der Waals surface area (Å²) in [6.45, 7) is 3.03. The Balaban J connectivity index is 1.47. The van der Waals surface area contributed by atoms with Gasteiger partial charge in [-0.2, -0.15) is 0 Å². The van der Waals surface area contributed by atoms with Crippen molar-refractivity contribution in [2.24, 2.45) is 5.92 Å². The average molecular weight is 361 g/mol. The van der Waals surface area contributed by atoms with Gasteiger partial charge >= 0.3 is 0 Å². The quantitative estimate of drug-likeness (QED) is 0.771. The van der Waals surface area contributed by atoms with Gasteiger partial charge in [0.1, 0.15) is 5.82 Å². The number of H-pyrrole nitrogens is 1. The molecular weight excluding hydrogens is 334 g/mol. The summed E-state index contributed by atoms with van der Waals surface area (Å²) in [7, 11) is 1.77. The minimum atomic E-state index is -0.166. The van der Waals surface area contributed by atoms with E-state index >= 15 is 0 Å². The molecule has 1 N–H and O–H groups in total. The maximum absolute atomic E-state index is 12.7. The number of likely N-dealkylation sites (tertiary alicyclic amines) is 2. The largest absolute Gasteiger partial charge is 0.347 e. The van der Waals surface area contributed by atoms with Crippen LogP contribution in [0.25, 0.3) is 0 Å². The van der Waals surface area contributed by atoms with Crippen LogP contribution in [0.5, 0.6) is 0 Å². The van der Waals surface area contributed by atoms with E-state index in [2.05, 4.69) is 9.97 Å². The molecule has 0 aliphatic carbocycles. The van der Waals surface area contributed by atoms with Crippen molar-refractivity contribution in [2.75, 3.05) is 33.2 Å². The van der Waals surface area contributed by atoms with E-state index in [1.165, 1.54) is 0 Å². The molecule has 8 heteroatoms. The molecule has 1 atom stereocenters. The molecule has 8 nitrogen and oxygen atoms in total. The highest BCUT2D eigenvalue weighted by Gasteiger charge is 2.32. The molecule has 1 aromatic heterocycles. The van der Waals surface area contributed by atoms with Gasteiger partial charge in [-0.25, -0.2) is 4.98 Å². The molecule has 26 heavy (non-hydrogen) atoms. The molecule has 3 rings (SSSR count). The zero-order chi connectivity index (χ0) is 18.5. The van der Waals surface area contributed by atoms with Crippen molar-refractivity contribution in [2.45, 2.75) is 38.6 Å². The lowest BCUT2D eigenvalue weighted by Crippen LogP contribution is -2.46. The molecular formula is C18H27N5O3. The van der Waals surface area contributed by atoms with Gasteiger partial charge in [-0.3, -0.25) is 14.4 Å². The van der Waals surface area contributed by atoms with Gasteiger partial charge in [-0.15, -0.1) is 0 Å². The number of imidazole rings is 1. The summed E-state index contributed by atoms with van der Waals surface area (Å²) in [5.41, 5.74) is 0. The molecule has 1 unspecified atom stereocenters. The molecule has 1 aromatic rings. The monoisotopic (exact) mass is 361 g/mol. The van der Waals surface area contributed by atoms with Crippen molar-refractivity contribution in [3.63, 3.8) is 0 Å². The number of nitrogens with zero attached hydrogens (tertiary/aromatic N) is 4. The van der Waals surface area contributed by atoms with E-state index in [9.17, 15) is 14.4 Å². The Morgan fingerprint density at radius 3 is 2.73 bits per heavy atom. The minimum Gasteiger partial charge on any atom is -0.347 e. The van der Waals surface area contributed by atoms with E-state index in [4.69, 9.17) is 0 Å². The van der Waals surface area contributed by atoms with Crippen molar-refractivity contribution in [3.05, 3.63) is 18.2 Å². The molecule has 2 fully saturated rings. The summed E-state index contributed by atoms with van der Waals surface area (Å²) in [4.78, 5) is 49.0. The highest BCUT2D eigenvalue weighted by molar-refractivity contribution is 5.83. The lowest BCUT2D eigenvalue weighted by Gasteiger charge is -2.34. The van der Waals surface area contributed by atoms with Gasteiger partial charge < -0.3 is 19.7 Å². The lowest BCUT2D eigenvalue weighted by molar-refractivity contribution is -0.142. The third-order valence-electron chi connectivity index (χ3n) is 5.19. The zero-order valence-electron chi connectivity index (χ0n) is 15.3. The Morgan fingerprint density at radius 1 is 1.27 bits per heavy atom. The Kier molecular flexibility index (Phi) is 5.90. The Labute approximate surface area is 153 Å². The summed E-state index contributed by atoms with van der Waals surface area (Å²) >= 11 is 0. The Bertz CT molecular complexity index is 645. The van der Waals surface area contributed by atoms with Crippen LogP contribution in [0.4, 0.5) is 0 Å². The number of hydrogen-bond acceptors (Lipinski definition) is 4. The van der Waals surface area contributed by atoms with Crippen LogP contribution < -0.4 is 0 Å². The molecule has 3 amide bonds. The van der Waals surface area contributed by atoms with Crippen LogP contribution in [0.1, 0.15) is 37.9 Å². The van der Waals surface area contributed by atoms with Crippen LogP contribution in [-0.2, 0) is 20.9 Å². The maximum Gasteiger partial charge on any atom is 0.227 e. The fraction of sp³-hybridized carbons (Fsp3) is 0.667. The number of aromatic amines is 1. The second-order valence-electron chi connectivity index (χ2n) is 7.14. The first-order valence-corrected chi connectivity index (χ1v) is 9.33. The molecule has 2 aliphatic rings. The van der Waals surface area contributed by atoms with Gasteiger partial charge in [-0.1, -0.05) is 0 Å². The third kappa shape index (κ3) is 4.42. The Hall–Kier alpha value is -2.38. The first kappa shape index (κ1) is 18.4. The van der Waals surface area contributed by atoms with E-state index in [0.29, 0.717) is 45.4 Å². The number of carbonyl (C=O) groups is 3.